The lowest BCUT2D eigenvalue weighted by Gasteiger charge is -2.25. The van der Waals surface area contributed by atoms with Crippen LogP contribution in [0.3, 0.4) is 0 Å². The molecule has 1 aromatic heterocycles. The van der Waals surface area contributed by atoms with Crippen molar-refractivity contribution in [2.24, 2.45) is 0 Å². The van der Waals surface area contributed by atoms with Crippen LogP contribution in [0.2, 0.25) is 5.02 Å². The number of nitrogens with zero attached hydrogens (tertiary/aromatic N) is 3. The van der Waals surface area contributed by atoms with E-state index in [1.165, 1.54) is 11.1 Å². The van der Waals surface area contributed by atoms with Crippen molar-refractivity contribution in [3.63, 3.8) is 0 Å². The van der Waals surface area contributed by atoms with Crippen LogP contribution in [-0.4, -0.2) is 40.2 Å². The molecule has 0 radical (unpaired) electrons. The van der Waals surface area contributed by atoms with Gasteiger partial charge in [-0.05, 0) is 48.7 Å². The van der Waals surface area contributed by atoms with Crippen LogP contribution in [0.25, 0.3) is 11.3 Å². The van der Waals surface area contributed by atoms with Crippen molar-refractivity contribution >= 4 is 23.1 Å². The highest BCUT2D eigenvalue weighted by atomic mass is 35.5. The van der Waals surface area contributed by atoms with E-state index in [1.54, 1.807) is 0 Å². The molecule has 2 aromatic carbocycles. The molecule has 0 atom stereocenters. The third kappa shape index (κ3) is 5.17. The summed E-state index contributed by atoms with van der Waals surface area (Å²) in [7, 11) is 0. The first-order chi connectivity index (χ1) is 14.6. The number of halogens is 1. The van der Waals surface area contributed by atoms with Crippen LogP contribution in [0.15, 0.2) is 67.0 Å². The molecule has 4 rings (SSSR count). The maximum Gasteiger partial charge on any atom is 0.234 e. The molecule has 0 bridgehead atoms. The maximum absolute atomic E-state index is 12.3. The number of rotatable bonds is 6. The minimum Gasteiger partial charge on any atom is -0.351 e. The van der Waals surface area contributed by atoms with Crippen molar-refractivity contribution < 1.29 is 4.79 Å². The topological polar surface area (TPSA) is 50.2 Å². The Balaban J connectivity index is 1.30. The molecule has 5 nitrogen and oxygen atoms in total. The predicted octanol–water partition coefficient (Wildman–Crippen LogP) is 4.24. The lowest BCUT2D eigenvalue weighted by molar-refractivity contribution is -0.122. The van der Waals surface area contributed by atoms with E-state index in [0.717, 1.165) is 36.3 Å². The van der Waals surface area contributed by atoms with Crippen molar-refractivity contribution in [2.45, 2.75) is 19.9 Å². The predicted molar refractivity (Wildman–Crippen MR) is 121 cm³/mol. The molecule has 2 heterocycles. The highest BCUT2D eigenvalue weighted by molar-refractivity contribution is 6.30. The van der Waals surface area contributed by atoms with Gasteiger partial charge in [0.2, 0.25) is 5.91 Å². The van der Waals surface area contributed by atoms with Gasteiger partial charge in [-0.2, -0.15) is 5.10 Å². The van der Waals surface area contributed by atoms with Gasteiger partial charge in [-0.1, -0.05) is 47.5 Å². The molecule has 6 heteroatoms. The Morgan fingerprint density at radius 3 is 2.77 bits per heavy atom. The summed E-state index contributed by atoms with van der Waals surface area (Å²) in [5.41, 5.74) is 5.71. The van der Waals surface area contributed by atoms with E-state index < -0.39 is 0 Å². The van der Waals surface area contributed by atoms with Gasteiger partial charge in [-0.3, -0.25) is 9.69 Å². The maximum atomic E-state index is 12.3. The van der Waals surface area contributed by atoms with Gasteiger partial charge in [0.25, 0.3) is 0 Å². The van der Waals surface area contributed by atoms with Crippen LogP contribution >= 0.6 is 11.6 Å². The summed E-state index contributed by atoms with van der Waals surface area (Å²) >= 11 is 5.99. The van der Waals surface area contributed by atoms with Gasteiger partial charge in [0.1, 0.15) is 0 Å². The molecule has 0 saturated carbocycles. The summed E-state index contributed by atoms with van der Waals surface area (Å²) in [6.07, 6.45) is 7.09. The second-order valence-corrected chi connectivity index (χ2v) is 8.07. The van der Waals surface area contributed by atoms with E-state index >= 15 is 0 Å². The summed E-state index contributed by atoms with van der Waals surface area (Å²) in [4.78, 5) is 14.4. The van der Waals surface area contributed by atoms with Crippen LogP contribution in [0, 0.1) is 6.92 Å². The Labute approximate surface area is 182 Å². The van der Waals surface area contributed by atoms with Crippen LogP contribution < -0.4 is 5.32 Å². The van der Waals surface area contributed by atoms with E-state index in [1.807, 2.05) is 35.1 Å². The minimum atomic E-state index is 0.0269. The van der Waals surface area contributed by atoms with Crippen molar-refractivity contribution in [3.8, 4) is 5.69 Å². The van der Waals surface area contributed by atoms with Crippen LogP contribution in [0.5, 0.6) is 0 Å². The molecule has 0 unspecified atom stereocenters. The molecule has 3 aromatic rings. The highest BCUT2D eigenvalue weighted by Crippen LogP contribution is 2.23. The van der Waals surface area contributed by atoms with E-state index in [9.17, 15) is 4.79 Å². The van der Waals surface area contributed by atoms with Gasteiger partial charge in [0, 0.05) is 36.4 Å². The van der Waals surface area contributed by atoms with Crippen LogP contribution in [0.4, 0.5) is 0 Å². The van der Waals surface area contributed by atoms with Gasteiger partial charge >= 0.3 is 0 Å². The third-order valence-corrected chi connectivity index (χ3v) is 5.53. The molecule has 1 amide bonds. The number of aryl methyl sites for hydroxylation is 1. The lowest BCUT2D eigenvalue weighted by Crippen LogP contribution is -2.39. The summed E-state index contributed by atoms with van der Waals surface area (Å²) < 4.78 is 1.91. The van der Waals surface area contributed by atoms with Gasteiger partial charge in [-0.25, -0.2) is 4.68 Å². The number of hydrogen-bond acceptors (Lipinski definition) is 3. The largest absolute Gasteiger partial charge is 0.351 e. The number of amides is 1. The highest BCUT2D eigenvalue weighted by Gasteiger charge is 2.16. The second kappa shape index (κ2) is 9.28. The Bertz CT molecular complexity index is 1060. The Morgan fingerprint density at radius 1 is 1.20 bits per heavy atom. The molecule has 1 N–H and O–H groups in total. The Hall–Kier alpha value is -2.89. The minimum absolute atomic E-state index is 0.0269. The molecular formula is C24H25ClN4O. The second-order valence-electron chi connectivity index (χ2n) is 7.63. The lowest BCUT2D eigenvalue weighted by atomic mass is 10.0. The molecule has 154 valence electrons. The SMILES string of the molecule is Cc1ccc(-n2cc(C3=CCN(CC(=O)NCc4cccc(Cl)c4)CC3)cn2)cc1. The zero-order valence-electron chi connectivity index (χ0n) is 17.0. The molecule has 0 spiro atoms. The first-order valence-electron chi connectivity index (χ1n) is 10.1. The number of aromatic nitrogens is 2. The zero-order chi connectivity index (χ0) is 20.9. The van der Waals surface area contributed by atoms with Crippen LogP contribution in [-0.2, 0) is 11.3 Å². The zero-order valence-corrected chi connectivity index (χ0v) is 17.8. The van der Waals surface area contributed by atoms with Crippen molar-refractivity contribution in [3.05, 3.63) is 88.7 Å². The normalized spacial score (nSPS) is 14.4. The van der Waals surface area contributed by atoms with Gasteiger partial charge in [0.15, 0.2) is 0 Å². The third-order valence-electron chi connectivity index (χ3n) is 5.29. The first-order valence-corrected chi connectivity index (χ1v) is 10.5. The van der Waals surface area contributed by atoms with Crippen LogP contribution in [0.1, 0.15) is 23.1 Å². The molecule has 0 aliphatic carbocycles. The molecule has 30 heavy (non-hydrogen) atoms. The summed E-state index contributed by atoms with van der Waals surface area (Å²) in [5.74, 6) is 0.0269. The first kappa shape index (κ1) is 20.4. The van der Waals surface area contributed by atoms with E-state index in [0.29, 0.717) is 18.1 Å². The fourth-order valence-corrected chi connectivity index (χ4v) is 3.76. The van der Waals surface area contributed by atoms with E-state index in [2.05, 4.69) is 58.8 Å². The number of carbonyl (C=O) groups is 1. The van der Waals surface area contributed by atoms with Crippen molar-refractivity contribution in [2.75, 3.05) is 19.6 Å². The van der Waals surface area contributed by atoms with Crippen molar-refractivity contribution in [1.29, 1.82) is 0 Å². The number of benzene rings is 2. The quantitative estimate of drug-likeness (QED) is 0.648. The average Bonchev–Trinajstić information content (AvgIpc) is 3.24. The molecular weight excluding hydrogens is 396 g/mol. The molecule has 1 aliphatic heterocycles. The standard InChI is InChI=1S/C24H25ClN4O/c1-18-5-7-23(8-6-18)29-16-21(15-27-29)20-9-11-28(12-10-20)17-24(30)26-14-19-3-2-4-22(25)13-19/h2-9,13,15-16H,10-12,14,17H2,1H3,(H,26,30). The van der Waals surface area contributed by atoms with E-state index in [4.69, 9.17) is 11.6 Å². The van der Waals surface area contributed by atoms with Gasteiger partial charge < -0.3 is 5.32 Å². The van der Waals surface area contributed by atoms with Gasteiger partial charge in [0.05, 0.1) is 18.4 Å². The average molecular weight is 421 g/mol. The smallest absolute Gasteiger partial charge is 0.234 e. The summed E-state index contributed by atoms with van der Waals surface area (Å²) in [5, 5.41) is 8.16. The fraction of sp³-hybridized carbons (Fsp3) is 0.250. The Morgan fingerprint density at radius 2 is 2.03 bits per heavy atom. The fourth-order valence-electron chi connectivity index (χ4n) is 3.55. The molecule has 0 fully saturated rings. The van der Waals surface area contributed by atoms with Gasteiger partial charge in [-0.15, -0.1) is 0 Å². The van der Waals surface area contributed by atoms with E-state index in [-0.39, 0.29) is 5.91 Å². The monoisotopic (exact) mass is 420 g/mol. The number of hydrogen-bond donors (Lipinski definition) is 1. The molecule has 1 aliphatic rings. The number of nitrogens with one attached hydrogen (secondary N) is 1. The molecule has 0 saturated heterocycles. The summed E-state index contributed by atoms with van der Waals surface area (Å²) in [6.45, 7) is 4.58. The summed E-state index contributed by atoms with van der Waals surface area (Å²) in [6, 6.07) is 15.9. The number of carbonyl (C=O) groups excluding carboxylic acids is 1. The van der Waals surface area contributed by atoms with Crippen molar-refractivity contribution in [1.82, 2.24) is 20.0 Å². The Kier molecular flexibility index (Phi) is 6.31.